The van der Waals surface area contributed by atoms with Crippen molar-refractivity contribution in [3.63, 3.8) is 0 Å². The molecule has 2 saturated carbocycles. The quantitative estimate of drug-likeness (QED) is 0.832. The smallest absolute Gasteiger partial charge is 0.132 e. The van der Waals surface area contributed by atoms with Gasteiger partial charge in [-0.15, -0.1) is 0 Å². The maximum Gasteiger partial charge on any atom is 0.132 e. The van der Waals surface area contributed by atoms with E-state index in [1.54, 1.807) is 6.33 Å². The lowest BCUT2D eigenvalue weighted by molar-refractivity contribution is 0.427. The van der Waals surface area contributed by atoms with Crippen LogP contribution in [0.2, 0.25) is 0 Å². The molecule has 3 heteroatoms. The molecular formula is C17H25N3. The molecule has 3 nitrogen and oxygen atoms in total. The number of nitrogens with one attached hydrogen (secondary N) is 1. The highest BCUT2D eigenvalue weighted by atomic mass is 15.0. The Labute approximate surface area is 121 Å². The van der Waals surface area contributed by atoms with Gasteiger partial charge >= 0.3 is 0 Å². The Balaban J connectivity index is 1.47. The largest absolute Gasteiger partial charge is 0.369 e. The summed E-state index contributed by atoms with van der Waals surface area (Å²) in [6.07, 6.45) is 13.8. The van der Waals surface area contributed by atoms with Crippen molar-refractivity contribution in [1.82, 2.24) is 9.97 Å². The second-order valence-electron chi connectivity index (χ2n) is 6.93. The molecule has 2 fully saturated rings. The van der Waals surface area contributed by atoms with Crippen LogP contribution >= 0.6 is 0 Å². The Morgan fingerprint density at radius 3 is 2.50 bits per heavy atom. The fourth-order valence-corrected chi connectivity index (χ4v) is 3.83. The zero-order valence-corrected chi connectivity index (χ0v) is 12.3. The van der Waals surface area contributed by atoms with Crippen molar-refractivity contribution in [2.75, 3.05) is 11.9 Å². The molecule has 0 radical (unpaired) electrons. The molecule has 4 rings (SSSR count). The molecule has 20 heavy (non-hydrogen) atoms. The molecule has 0 aromatic carbocycles. The van der Waals surface area contributed by atoms with Crippen LogP contribution in [0.3, 0.4) is 0 Å². The predicted octanol–water partition coefficient (Wildman–Crippen LogP) is 3.59. The Morgan fingerprint density at radius 1 is 1.00 bits per heavy atom. The molecule has 1 heterocycles. The van der Waals surface area contributed by atoms with Crippen LogP contribution in [0.5, 0.6) is 0 Å². The van der Waals surface area contributed by atoms with Crippen molar-refractivity contribution in [3.05, 3.63) is 17.6 Å². The van der Waals surface area contributed by atoms with Crippen LogP contribution in [-0.4, -0.2) is 16.5 Å². The Hall–Kier alpha value is -1.12. The summed E-state index contributed by atoms with van der Waals surface area (Å²) in [4.78, 5) is 9.05. The summed E-state index contributed by atoms with van der Waals surface area (Å²) in [7, 11) is 0. The normalized spacial score (nSPS) is 22.4. The maximum absolute atomic E-state index is 4.54. The van der Waals surface area contributed by atoms with E-state index >= 15 is 0 Å². The van der Waals surface area contributed by atoms with Crippen molar-refractivity contribution in [2.24, 2.45) is 17.8 Å². The third-order valence-electron chi connectivity index (χ3n) is 5.34. The minimum absolute atomic E-state index is 0.909. The first-order valence-corrected chi connectivity index (χ1v) is 8.48. The van der Waals surface area contributed by atoms with Gasteiger partial charge in [-0.3, -0.25) is 0 Å². The molecule has 1 N–H and O–H groups in total. The number of rotatable bonds is 5. The first-order chi connectivity index (χ1) is 9.92. The summed E-state index contributed by atoms with van der Waals surface area (Å²) in [5, 5.41) is 3.69. The van der Waals surface area contributed by atoms with E-state index in [1.165, 1.54) is 56.2 Å². The zero-order chi connectivity index (χ0) is 13.4. The molecular weight excluding hydrogens is 246 g/mol. The second-order valence-corrected chi connectivity index (χ2v) is 6.93. The molecule has 0 spiro atoms. The SMILES string of the molecule is c1nc2c(c(NCC(C3CC3)C3CC3)n1)CCCCC2. The van der Waals surface area contributed by atoms with Crippen molar-refractivity contribution in [1.29, 1.82) is 0 Å². The topological polar surface area (TPSA) is 37.8 Å². The van der Waals surface area contributed by atoms with Gasteiger partial charge in [0.2, 0.25) is 0 Å². The summed E-state index contributed by atoms with van der Waals surface area (Å²) in [6, 6.07) is 0. The number of aromatic nitrogens is 2. The summed E-state index contributed by atoms with van der Waals surface area (Å²) < 4.78 is 0. The molecule has 1 aromatic rings. The first-order valence-electron chi connectivity index (χ1n) is 8.48. The van der Waals surface area contributed by atoms with Crippen molar-refractivity contribution in [3.8, 4) is 0 Å². The van der Waals surface area contributed by atoms with Gasteiger partial charge < -0.3 is 5.32 Å². The van der Waals surface area contributed by atoms with Crippen LogP contribution in [0.4, 0.5) is 5.82 Å². The lowest BCUT2D eigenvalue weighted by Crippen LogP contribution is -2.20. The summed E-state index contributed by atoms with van der Waals surface area (Å²) >= 11 is 0. The van der Waals surface area contributed by atoms with Crippen molar-refractivity contribution < 1.29 is 0 Å². The highest BCUT2D eigenvalue weighted by molar-refractivity contribution is 5.46. The summed E-state index contributed by atoms with van der Waals surface area (Å²) in [6.45, 7) is 1.14. The van der Waals surface area contributed by atoms with E-state index in [9.17, 15) is 0 Å². The van der Waals surface area contributed by atoms with Gasteiger partial charge in [-0.1, -0.05) is 6.42 Å². The number of fused-ring (bicyclic) bond motifs is 1. The lowest BCUT2D eigenvalue weighted by atomic mass is 9.98. The van der Waals surface area contributed by atoms with Crippen LogP contribution < -0.4 is 5.32 Å². The van der Waals surface area contributed by atoms with Gasteiger partial charge in [0.25, 0.3) is 0 Å². The molecule has 0 atom stereocenters. The van der Waals surface area contributed by atoms with E-state index in [2.05, 4.69) is 15.3 Å². The first kappa shape index (κ1) is 12.6. The molecule has 3 aliphatic rings. The zero-order valence-electron chi connectivity index (χ0n) is 12.3. The summed E-state index contributed by atoms with van der Waals surface area (Å²) in [5.74, 6) is 4.07. The fraction of sp³-hybridized carbons (Fsp3) is 0.765. The van der Waals surface area contributed by atoms with E-state index < -0.39 is 0 Å². The van der Waals surface area contributed by atoms with Gasteiger partial charge in [-0.05, 0) is 69.1 Å². The van der Waals surface area contributed by atoms with Gasteiger partial charge in [0, 0.05) is 17.8 Å². The van der Waals surface area contributed by atoms with Crippen molar-refractivity contribution >= 4 is 5.82 Å². The monoisotopic (exact) mass is 271 g/mol. The molecule has 0 bridgehead atoms. The molecule has 3 aliphatic carbocycles. The molecule has 0 saturated heterocycles. The highest BCUT2D eigenvalue weighted by Gasteiger charge is 2.41. The number of nitrogens with zero attached hydrogens (tertiary/aromatic N) is 2. The average Bonchev–Trinajstić information content (AvgIpc) is 3.31. The summed E-state index contributed by atoms with van der Waals surface area (Å²) in [5.41, 5.74) is 2.71. The van der Waals surface area contributed by atoms with Crippen LogP contribution in [0.15, 0.2) is 6.33 Å². The standard InChI is InChI=1S/C17H25N3/c1-2-4-14-16(5-3-1)19-11-20-17(14)18-10-15(12-6-7-12)13-8-9-13/h11-13,15H,1-10H2,(H,18,19,20). The van der Waals surface area contributed by atoms with Crippen molar-refractivity contribution in [2.45, 2.75) is 57.8 Å². The third kappa shape index (κ3) is 2.68. The van der Waals surface area contributed by atoms with Crippen LogP contribution in [0.25, 0.3) is 0 Å². The maximum atomic E-state index is 4.54. The van der Waals surface area contributed by atoms with Gasteiger partial charge in [0.05, 0.1) is 0 Å². The van der Waals surface area contributed by atoms with Crippen LogP contribution in [0.1, 0.15) is 56.2 Å². The predicted molar refractivity (Wildman–Crippen MR) is 80.7 cm³/mol. The molecule has 0 aliphatic heterocycles. The second kappa shape index (κ2) is 5.34. The highest BCUT2D eigenvalue weighted by Crippen LogP contribution is 2.49. The third-order valence-corrected chi connectivity index (χ3v) is 5.34. The number of anilines is 1. The molecule has 108 valence electrons. The number of hydrogen-bond donors (Lipinski definition) is 1. The fourth-order valence-electron chi connectivity index (χ4n) is 3.83. The van der Waals surface area contributed by atoms with Crippen LogP contribution in [-0.2, 0) is 12.8 Å². The van der Waals surface area contributed by atoms with Gasteiger partial charge in [0.1, 0.15) is 12.1 Å². The minimum Gasteiger partial charge on any atom is -0.369 e. The molecule has 1 aromatic heterocycles. The van der Waals surface area contributed by atoms with Gasteiger partial charge in [0.15, 0.2) is 0 Å². The molecule has 0 amide bonds. The van der Waals surface area contributed by atoms with E-state index in [0.29, 0.717) is 0 Å². The van der Waals surface area contributed by atoms with Gasteiger partial charge in [-0.25, -0.2) is 9.97 Å². The van der Waals surface area contributed by atoms with Gasteiger partial charge in [-0.2, -0.15) is 0 Å². The lowest BCUT2D eigenvalue weighted by Gasteiger charge is -2.18. The number of hydrogen-bond acceptors (Lipinski definition) is 3. The Bertz CT molecular complexity index is 465. The minimum atomic E-state index is 0.909. The van der Waals surface area contributed by atoms with E-state index in [-0.39, 0.29) is 0 Å². The Morgan fingerprint density at radius 2 is 1.75 bits per heavy atom. The molecule has 0 unspecified atom stereocenters. The van der Waals surface area contributed by atoms with Crippen LogP contribution in [0, 0.1) is 17.8 Å². The number of aryl methyl sites for hydroxylation is 1. The van der Waals surface area contributed by atoms with E-state index in [1.807, 2.05) is 0 Å². The van der Waals surface area contributed by atoms with E-state index in [0.717, 1.165) is 43.0 Å². The Kier molecular flexibility index (Phi) is 3.37. The average molecular weight is 271 g/mol. The van der Waals surface area contributed by atoms with E-state index in [4.69, 9.17) is 0 Å².